The maximum atomic E-state index is 11.9. The third-order valence-corrected chi connectivity index (χ3v) is 7.56. The highest BCUT2D eigenvalue weighted by Crippen LogP contribution is 2.18. The van der Waals surface area contributed by atoms with E-state index in [0.717, 1.165) is 36.8 Å². The average molecular weight is 719 g/mol. The van der Waals surface area contributed by atoms with Crippen LogP contribution in [0.5, 0.6) is 0 Å². The number of carbonyl (C=O) groups is 4. The maximum absolute atomic E-state index is 11.9. The fourth-order valence-corrected chi connectivity index (χ4v) is 4.17. The van der Waals surface area contributed by atoms with Gasteiger partial charge in [-0.25, -0.2) is 0 Å². The van der Waals surface area contributed by atoms with Crippen LogP contribution >= 0.6 is 0 Å². The van der Waals surface area contributed by atoms with Crippen LogP contribution in [0.25, 0.3) is 0 Å². The van der Waals surface area contributed by atoms with E-state index in [1.54, 1.807) is 55.5 Å². The van der Waals surface area contributed by atoms with Crippen LogP contribution in [0.1, 0.15) is 121 Å². The summed E-state index contributed by atoms with van der Waals surface area (Å²) >= 11 is 0. The number of carboxylic acid groups (broad SMARTS) is 2. The van der Waals surface area contributed by atoms with Gasteiger partial charge in [-0.3, -0.25) is 19.2 Å². The second kappa shape index (κ2) is 26.6. The van der Waals surface area contributed by atoms with E-state index >= 15 is 0 Å². The number of ether oxygens (including phenoxy) is 2. The molecule has 4 rings (SSSR count). The molecule has 0 aromatic heterocycles. The lowest BCUT2D eigenvalue weighted by molar-refractivity contribution is -0.146. The van der Waals surface area contributed by atoms with Crippen molar-refractivity contribution in [3.63, 3.8) is 0 Å². The van der Waals surface area contributed by atoms with Gasteiger partial charge in [-0.05, 0) is 62.6 Å². The summed E-state index contributed by atoms with van der Waals surface area (Å²) in [6.45, 7) is 3.53. The molecule has 0 amide bonds. The van der Waals surface area contributed by atoms with Crippen LogP contribution in [0.4, 0.5) is 0 Å². The zero-order valence-electron chi connectivity index (χ0n) is 36.4. The first-order valence-electron chi connectivity index (χ1n) is 20.3. The van der Waals surface area contributed by atoms with Gasteiger partial charge in [0.05, 0.1) is 36.9 Å². The third-order valence-electron chi connectivity index (χ3n) is 7.56. The van der Waals surface area contributed by atoms with Crippen molar-refractivity contribution in [2.24, 2.45) is 0 Å². The number of carbonyl (C=O) groups excluding carboxylic acids is 2. The van der Waals surface area contributed by atoms with Gasteiger partial charge in [-0.15, -0.1) is 0 Å². The molecule has 0 aliphatic rings. The molecule has 2 N–H and O–H groups in total. The molecule has 4 aromatic rings. The van der Waals surface area contributed by atoms with Crippen LogP contribution in [-0.2, 0) is 28.7 Å². The molecule has 0 spiro atoms. The molecule has 0 fully saturated rings. The van der Waals surface area contributed by atoms with Crippen molar-refractivity contribution < 1.29 is 47.1 Å². The van der Waals surface area contributed by atoms with Crippen LogP contribution in [0.15, 0.2) is 121 Å². The van der Waals surface area contributed by atoms with E-state index in [2.05, 4.69) is 6.92 Å². The fraction of sp³-hybridized carbons (Fsp3) is 0.364. The van der Waals surface area contributed by atoms with Crippen LogP contribution in [0, 0.1) is 0 Å². The Balaban J connectivity index is 0.000000392. The SMILES string of the molecule is CCCCOC(=O)[C@@H](C)c1ccccc1.C[C@H](C(=O)O)c1ccccc1.[2H]C([2H])([2H])C(C(=O)O)c1ccccc1.[2H]C([2H])([2H])C(C(=O)OCCCC)c1ccccc1. The molecular formula is C44H56O8. The molecule has 0 bridgehead atoms. The van der Waals surface area contributed by atoms with Gasteiger partial charge in [0.25, 0.3) is 0 Å². The Kier molecular flexibility index (Phi) is 18.0. The Labute approximate surface area is 318 Å². The smallest absolute Gasteiger partial charge is 0.313 e. The number of aliphatic carboxylic acids is 2. The molecule has 280 valence electrons. The number of benzene rings is 4. The first-order chi connectivity index (χ1) is 27.4. The van der Waals surface area contributed by atoms with Gasteiger partial charge in [0.15, 0.2) is 0 Å². The number of esters is 2. The minimum Gasteiger partial charge on any atom is -0.481 e. The molecule has 0 saturated heterocycles. The van der Waals surface area contributed by atoms with Crippen molar-refractivity contribution in [1.29, 1.82) is 0 Å². The minimum absolute atomic E-state index is 0.130. The van der Waals surface area contributed by atoms with Gasteiger partial charge in [-0.1, -0.05) is 148 Å². The highest BCUT2D eigenvalue weighted by atomic mass is 16.5. The topological polar surface area (TPSA) is 127 Å². The van der Waals surface area contributed by atoms with E-state index in [1.807, 2.05) is 74.5 Å². The van der Waals surface area contributed by atoms with Crippen molar-refractivity contribution in [2.45, 2.75) is 90.8 Å². The molecule has 0 aliphatic carbocycles. The largest absolute Gasteiger partial charge is 0.481 e. The van der Waals surface area contributed by atoms with E-state index in [9.17, 15) is 19.2 Å². The summed E-state index contributed by atoms with van der Waals surface area (Å²) in [7, 11) is 0. The summed E-state index contributed by atoms with van der Waals surface area (Å²) in [6, 6.07) is 35.4. The zero-order chi connectivity index (χ0) is 43.7. The van der Waals surface area contributed by atoms with Crippen molar-refractivity contribution in [1.82, 2.24) is 0 Å². The lowest BCUT2D eigenvalue weighted by Gasteiger charge is -2.11. The third kappa shape index (κ3) is 18.1. The molecule has 0 radical (unpaired) electrons. The van der Waals surface area contributed by atoms with Crippen LogP contribution in [0.3, 0.4) is 0 Å². The highest BCUT2D eigenvalue weighted by molar-refractivity contribution is 5.78. The van der Waals surface area contributed by atoms with Gasteiger partial charge >= 0.3 is 23.9 Å². The van der Waals surface area contributed by atoms with E-state index < -0.39 is 49.4 Å². The standard InChI is InChI=1S/2C13H18O2.2C9H10O2/c2*1-3-4-10-15-13(14)11(2)12-8-6-5-7-9-12;2*1-7(9(10)11)8-5-3-2-4-6-8/h2*5-9,11H,3-4,10H2,1-2H3;2*2-7H,1H3,(H,10,11)/t11-;;7-;/m0.0./s1/i;2D3;;1D3. The number of unbranched alkanes of at least 4 members (excludes halogenated alkanes) is 2. The van der Waals surface area contributed by atoms with E-state index in [0.29, 0.717) is 17.7 Å². The Morgan fingerprint density at radius 2 is 0.788 bits per heavy atom. The summed E-state index contributed by atoms with van der Waals surface area (Å²) in [5.41, 5.74) is 2.64. The molecular weight excluding hydrogens is 656 g/mol. The molecule has 0 saturated carbocycles. The zero-order valence-corrected chi connectivity index (χ0v) is 30.4. The number of rotatable bonds is 14. The summed E-state index contributed by atoms with van der Waals surface area (Å²) in [4.78, 5) is 44.8. The van der Waals surface area contributed by atoms with Gasteiger partial charge in [0, 0.05) is 8.22 Å². The highest BCUT2D eigenvalue weighted by Gasteiger charge is 2.17. The predicted molar refractivity (Wildman–Crippen MR) is 206 cm³/mol. The summed E-state index contributed by atoms with van der Waals surface area (Å²) in [5, 5.41) is 17.4. The second-order valence-electron chi connectivity index (χ2n) is 11.7. The maximum Gasteiger partial charge on any atom is 0.313 e. The molecule has 0 aliphatic heterocycles. The molecule has 0 heterocycles. The van der Waals surface area contributed by atoms with Crippen molar-refractivity contribution in [3.05, 3.63) is 144 Å². The van der Waals surface area contributed by atoms with Gasteiger partial charge in [0.1, 0.15) is 0 Å². The van der Waals surface area contributed by atoms with E-state index in [4.69, 9.17) is 27.9 Å². The van der Waals surface area contributed by atoms with Gasteiger partial charge in [0.2, 0.25) is 0 Å². The first kappa shape index (κ1) is 35.2. The quantitative estimate of drug-likeness (QED) is 0.0974. The number of hydrogen-bond donors (Lipinski definition) is 2. The summed E-state index contributed by atoms with van der Waals surface area (Å²) < 4.78 is 53.9. The van der Waals surface area contributed by atoms with Gasteiger partial charge in [-0.2, -0.15) is 0 Å². The van der Waals surface area contributed by atoms with Crippen molar-refractivity contribution >= 4 is 23.9 Å². The van der Waals surface area contributed by atoms with Crippen LogP contribution < -0.4 is 0 Å². The minimum atomic E-state index is -2.51. The molecule has 52 heavy (non-hydrogen) atoms. The number of carboxylic acids is 2. The summed E-state index contributed by atoms with van der Waals surface area (Å²) in [5.74, 6) is -6.12. The normalized spacial score (nSPS) is 14.5. The molecule has 2 unspecified atom stereocenters. The summed E-state index contributed by atoms with van der Waals surface area (Å²) in [6.07, 6.45) is 3.63. The van der Waals surface area contributed by atoms with Crippen molar-refractivity contribution in [3.8, 4) is 0 Å². The number of hydrogen-bond acceptors (Lipinski definition) is 6. The van der Waals surface area contributed by atoms with Gasteiger partial charge < -0.3 is 19.7 Å². The monoisotopic (exact) mass is 718 g/mol. The average Bonchev–Trinajstić information content (AvgIpc) is 3.18. The van der Waals surface area contributed by atoms with Crippen LogP contribution in [-0.4, -0.2) is 47.3 Å². The van der Waals surface area contributed by atoms with E-state index in [-0.39, 0.29) is 18.5 Å². The van der Waals surface area contributed by atoms with Crippen molar-refractivity contribution in [2.75, 3.05) is 13.2 Å². The fourth-order valence-electron chi connectivity index (χ4n) is 4.17. The Hall–Kier alpha value is -5.24. The van der Waals surface area contributed by atoms with Crippen LogP contribution in [0.2, 0.25) is 0 Å². The Morgan fingerprint density at radius 3 is 1.10 bits per heavy atom. The Bertz CT molecular complexity index is 1750. The Morgan fingerprint density at radius 1 is 0.500 bits per heavy atom. The molecule has 4 aromatic carbocycles. The lowest BCUT2D eigenvalue weighted by Crippen LogP contribution is -2.13. The molecule has 8 heteroatoms. The first-order valence-corrected chi connectivity index (χ1v) is 17.3. The predicted octanol–water partition coefficient (Wildman–Crippen LogP) is 10.0. The molecule has 8 nitrogen and oxygen atoms in total. The lowest BCUT2D eigenvalue weighted by atomic mass is 10.0. The molecule has 4 atom stereocenters. The van der Waals surface area contributed by atoms with E-state index in [1.165, 1.54) is 12.1 Å². The second-order valence-corrected chi connectivity index (χ2v) is 11.7.